The number of hydrogen-bond donors (Lipinski definition) is 0. The minimum Gasteiger partial charge on any atom is -0.415 e. The summed E-state index contributed by atoms with van der Waals surface area (Å²) in [6, 6.07) is 0. The molecule has 0 atom stereocenters. The third kappa shape index (κ3) is 13.2. The van der Waals surface area contributed by atoms with Gasteiger partial charge in [0.2, 0.25) is 0 Å². The van der Waals surface area contributed by atoms with Gasteiger partial charge < -0.3 is 13.0 Å². The minimum atomic E-state index is -2.11. The van der Waals surface area contributed by atoms with E-state index in [1.807, 2.05) is 0 Å². The molecule has 0 fully saturated rings. The van der Waals surface area contributed by atoms with Gasteiger partial charge in [0.05, 0.1) is 13.2 Å². The van der Waals surface area contributed by atoms with Gasteiger partial charge in [0.1, 0.15) is 0 Å². The summed E-state index contributed by atoms with van der Waals surface area (Å²) in [6.07, 6.45) is 13.1. The summed E-state index contributed by atoms with van der Waals surface area (Å²) in [5.41, 5.74) is 0. The topological polar surface area (TPSA) is 27.7 Å². The summed E-state index contributed by atoms with van der Waals surface area (Å²) in [5.74, 6) is 0. The van der Waals surface area contributed by atoms with Crippen LogP contribution in [0.2, 0.25) is 26.2 Å². The first-order valence-corrected chi connectivity index (χ1v) is 13.7. The van der Waals surface area contributed by atoms with E-state index in [1.165, 1.54) is 12.8 Å². The van der Waals surface area contributed by atoms with Crippen LogP contribution in [0.25, 0.3) is 0 Å². The van der Waals surface area contributed by atoms with Crippen molar-refractivity contribution in [1.82, 2.24) is 0 Å². The zero-order chi connectivity index (χ0) is 16.2. The van der Waals surface area contributed by atoms with Crippen LogP contribution in [0.3, 0.4) is 0 Å². The second-order valence-electron chi connectivity index (χ2n) is 6.04. The normalized spacial score (nSPS) is 13.6. The average Bonchev–Trinajstić information content (AvgIpc) is 2.36. The van der Waals surface area contributed by atoms with Crippen molar-refractivity contribution in [3.05, 3.63) is 24.3 Å². The van der Waals surface area contributed by atoms with E-state index in [0.717, 1.165) is 12.8 Å². The standard InChI is InChI=1S/C16H34O3Si2/c1-7-9-11-13-15-17-20(3,4)19-21(5,6)18-16-14-12-10-8-2/h11-14H,7-10,15-16H2,1-6H3/b13-11-,14-12-. The van der Waals surface area contributed by atoms with E-state index in [1.54, 1.807) is 0 Å². The van der Waals surface area contributed by atoms with Crippen LogP contribution < -0.4 is 0 Å². The summed E-state index contributed by atoms with van der Waals surface area (Å²) in [5, 5.41) is 0. The highest BCUT2D eigenvalue weighted by atomic mass is 28.5. The van der Waals surface area contributed by atoms with E-state index in [4.69, 9.17) is 13.0 Å². The Morgan fingerprint density at radius 1 is 0.667 bits per heavy atom. The SMILES string of the molecule is CCC/C=C\CO[Si](C)(C)O[Si](C)(C)OC/C=C\CCC. The fourth-order valence-corrected chi connectivity index (χ4v) is 8.06. The number of hydrogen-bond acceptors (Lipinski definition) is 3. The van der Waals surface area contributed by atoms with Gasteiger partial charge in [0.25, 0.3) is 0 Å². The Balaban J connectivity index is 4.09. The molecule has 0 unspecified atom stereocenters. The van der Waals surface area contributed by atoms with E-state index < -0.39 is 17.1 Å². The van der Waals surface area contributed by atoms with Gasteiger partial charge in [0.15, 0.2) is 0 Å². The number of rotatable bonds is 12. The predicted octanol–water partition coefficient (Wildman–Crippen LogP) is 5.15. The Morgan fingerprint density at radius 2 is 1.05 bits per heavy atom. The Kier molecular flexibility index (Phi) is 11.3. The molecule has 0 heterocycles. The Bertz CT molecular complexity index is 283. The van der Waals surface area contributed by atoms with Crippen molar-refractivity contribution in [2.75, 3.05) is 13.2 Å². The molecule has 0 radical (unpaired) electrons. The van der Waals surface area contributed by atoms with Crippen molar-refractivity contribution in [3.8, 4) is 0 Å². The molecule has 0 amide bonds. The molecule has 0 aliphatic rings. The summed E-state index contributed by atoms with van der Waals surface area (Å²) < 4.78 is 18.1. The lowest BCUT2D eigenvalue weighted by atomic mass is 10.3. The van der Waals surface area contributed by atoms with E-state index in [0.29, 0.717) is 13.2 Å². The molecule has 0 rings (SSSR count). The fraction of sp³-hybridized carbons (Fsp3) is 0.750. The van der Waals surface area contributed by atoms with Crippen molar-refractivity contribution < 1.29 is 13.0 Å². The van der Waals surface area contributed by atoms with Crippen LogP contribution in [0.15, 0.2) is 24.3 Å². The van der Waals surface area contributed by atoms with Crippen LogP contribution >= 0.6 is 0 Å². The van der Waals surface area contributed by atoms with Gasteiger partial charge in [-0.1, -0.05) is 51.0 Å². The zero-order valence-electron chi connectivity index (χ0n) is 14.8. The molecule has 0 N–H and O–H groups in total. The van der Waals surface area contributed by atoms with Crippen LogP contribution in [0, 0.1) is 0 Å². The van der Waals surface area contributed by atoms with Gasteiger partial charge in [-0.15, -0.1) is 0 Å². The van der Waals surface area contributed by atoms with Crippen molar-refractivity contribution in [3.63, 3.8) is 0 Å². The van der Waals surface area contributed by atoms with Gasteiger partial charge in [-0.05, 0) is 39.0 Å². The summed E-state index contributed by atoms with van der Waals surface area (Å²) in [7, 11) is -4.23. The lowest BCUT2D eigenvalue weighted by molar-refractivity contribution is 0.221. The zero-order valence-corrected chi connectivity index (χ0v) is 16.8. The molecule has 0 saturated heterocycles. The number of unbranched alkanes of at least 4 members (excludes halogenated alkanes) is 2. The molecule has 0 aromatic carbocycles. The largest absolute Gasteiger partial charge is 0.415 e. The van der Waals surface area contributed by atoms with E-state index >= 15 is 0 Å². The molecule has 0 bridgehead atoms. The third-order valence-corrected chi connectivity index (χ3v) is 8.45. The van der Waals surface area contributed by atoms with Gasteiger partial charge >= 0.3 is 17.1 Å². The maximum absolute atomic E-state index is 6.20. The van der Waals surface area contributed by atoms with Crippen molar-refractivity contribution in [1.29, 1.82) is 0 Å². The highest BCUT2D eigenvalue weighted by Crippen LogP contribution is 2.17. The lowest BCUT2D eigenvalue weighted by Gasteiger charge is -2.32. The molecule has 21 heavy (non-hydrogen) atoms. The first kappa shape index (κ1) is 20.8. The molecular weight excluding hydrogens is 296 g/mol. The predicted molar refractivity (Wildman–Crippen MR) is 96.0 cm³/mol. The van der Waals surface area contributed by atoms with Crippen LogP contribution in [0.1, 0.15) is 39.5 Å². The first-order valence-electron chi connectivity index (χ1n) is 8.11. The van der Waals surface area contributed by atoms with Crippen LogP contribution in [0.4, 0.5) is 0 Å². The van der Waals surface area contributed by atoms with Crippen LogP contribution in [0.5, 0.6) is 0 Å². The van der Waals surface area contributed by atoms with Gasteiger partial charge in [0, 0.05) is 0 Å². The summed E-state index contributed by atoms with van der Waals surface area (Å²) in [6.45, 7) is 14.0. The first-order chi connectivity index (χ1) is 9.83. The molecular formula is C16H34O3Si2. The molecule has 0 spiro atoms. The summed E-state index contributed by atoms with van der Waals surface area (Å²) in [4.78, 5) is 0. The van der Waals surface area contributed by atoms with E-state index in [-0.39, 0.29) is 0 Å². The van der Waals surface area contributed by atoms with Crippen LogP contribution in [-0.4, -0.2) is 30.3 Å². The second kappa shape index (κ2) is 11.4. The van der Waals surface area contributed by atoms with Crippen molar-refractivity contribution in [2.45, 2.75) is 65.7 Å². The van der Waals surface area contributed by atoms with Crippen molar-refractivity contribution in [2.24, 2.45) is 0 Å². The van der Waals surface area contributed by atoms with Gasteiger partial charge in [-0.3, -0.25) is 0 Å². The van der Waals surface area contributed by atoms with E-state index in [2.05, 4.69) is 64.3 Å². The lowest BCUT2D eigenvalue weighted by Crippen LogP contribution is -2.48. The highest BCUT2D eigenvalue weighted by molar-refractivity contribution is 6.78. The molecule has 124 valence electrons. The smallest absolute Gasteiger partial charge is 0.323 e. The second-order valence-corrected chi connectivity index (χ2v) is 13.0. The van der Waals surface area contributed by atoms with E-state index in [9.17, 15) is 0 Å². The Morgan fingerprint density at radius 3 is 1.38 bits per heavy atom. The maximum Gasteiger partial charge on any atom is 0.323 e. The summed E-state index contributed by atoms with van der Waals surface area (Å²) >= 11 is 0. The number of allylic oxidation sites excluding steroid dienone is 2. The Labute approximate surface area is 133 Å². The molecule has 0 aliphatic heterocycles. The quantitative estimate of drug-likeness (QED) is 0.366. The molecule has 0 aliphatic carbocycles. The van der Waals surface area contributed by atoms with Gasteiger partial charge in [-0.25, -0.2) is 0 Å². The fourth-order valence-electron chi connectivity index (χ4n) is 1.85. The highest BCUT2D eigenvalue weighted by Gasteiger charge is 2.35. The van der Waals surface area contributed by atoms with Gasteiger partial charge in [-0.2, -0.15) is 0 Å². The molecule has 3 nitrogen and oxygen atoms in total. The maximum atomic E-state index is 6.20. The molecule has 5 heteroatoms. The Hall–Kier alpha value is -0.206. The third-order valence-electron chi connectivity index (χ3n) is 2.79. The molecule has 0 saturated carbocycles. The average molecular weight is 331 g/mol. The van der Waals surface area contributed by atoms with Crippen LogP contribution in [-0.2, 0) is 13.0 Å². The molecule has 0 aromatic rings. The monoisotopic (exact) mass is 330 g/mol. The van der Waals surface area contributed by atoms with Crippen molar-refractivity contribution >= 4 is 17.1 Å². The molecule has 0 aromatic heterocycles. The minimum absolute atomic E-state index is 0.639.